The predicted octanol–water partition coefficient (Wildman–Crippen LogP) is 2.81. The average molecular weight is 310 g/mol. The van der Waals surface area contributed by atoms with Gasteiger partial charge in [-0.3, -0.25) is 0 Å². The van der Waals surface area contributed by atoms with Gasteiger partial charge in [-0.15, -0.1) is 0 Å². The second-order valence-corrected chi connectivity index (χ2v) is 8.20. The molecule has 1 aliphatic carbocycles. The number of hydrogen-bond acceptors (Lipinski definition) is 3. The first-order valence-corrected chi connectivity index (χ1v) is 9.16. The van der Waals surface area contributed by atoms with Gasteiger partial charge in [0, 0.05) is 12.1 Å². The summed E-state index contributed by atoms with van der Waals surface area (Å²) in [6.07, 6.45) is 3.07. The fraction of sp³-hybridized carbons (Fsp3) is 0.625. The van der Waals surface area contributed by atoms with Crippen molar-refractivity contribution in [1.29, 1.82) is 0 Å². The van der Waals surface area contributed by atoms with Crippen LogP contribution in [0.5, 0.6) is 0 Å². The van der Waals surface area contributed by atoms with Crippen LogP contribution in [0, 0.1) is 11.8 Å². The van der Waals surface area contributed by atoms with Crippen LogP contribution in [0.4, 0.5) is 0 Å². The van der Waals surface area contributed by atoms with Crippen molar-refractivity contribution in [2.75, 3.05) is 0 Å². The molecule has 118 valence electrons. The highest BCUT2D eigenvalue weighted by Gasteiger charge is 2.29. The van der Waals surface area contributed by atoms with E-state index in [1.807, 2.05) is 13.0 Å². The quantitative estimate of drug-likeness (QED) is 0.898. The molecule has 0 aromatic heterocycles. The maximum Gasteiger partial charge on any atom is 0.240 e. The molecule has 0 amide bonds. The van der Waals surface area contributed by atoms with Crippen molar-refractivity contribution in [1.82, 2.24) is 4.72 Å². The van der Waals surface area contributed by atoms with Crippen LogP contribution in [0.3, 0.4) is 0 Å². The maximum atomic E-state index is 12.6. The minimum absolute atomic E-state index is 0.0326. The van der Waals surface area contributed by atoms with Crippen molar-refractivity contribution in [3.63, 3.8) is 0 Å². The first-order chi connectivity index (χ1) is 9.79. The van der Waals surface area contributed by atoms with Crippen molar-refractivity contribution in [2.45, 2.75) is 57.0 Å². The van der Waals surface area contributed by atoms with Gasteiger partial charge in [0.05, 0.1) is 4.90 Å². The van der Waals surface area contributed by atoms with E-state index in [2.05, 4.69) is 18.6 Å². The molecule has 1 aliphatic rings. The zero-order valence-electron chi connectivity index (χ0n) is 13.0. The lowest BCUT2D eigenvalue weighted by atomic mass is 9.80. The summed E-state index contributed by atoms with van der Waals surface area (Å²) in [5.74, 6) is 1.06. The summed E-state index contributed by atoms with van der Waals surface area (Å²) in [6, 6.07) is 6.77. The van der Waals surface area contributed by atoms with Crippen LogP contribution in [-0.4, -0.2) is 14.5 Å². The van der Waals surface area contributed by atoms with Crippen LogP contribution in [0.15, 0.2) is 29.2 Å². The topological polar surface area (TPSA) is 72.2 Å². The normalized spacial score (nSPS) is 28.3. The summed E-state index contributed by atoms with van der Waals surface area (Å²) in [7, 11) is -3.47. The third-order valence-electron chi connectivity index (χ3n) is 4.43. The molecule has 1 aromatic rings. The number of nitrogens with one attached hydrogen (secondary N) is 1. The molecule has 0 heterocycles. The van der Waals surface area contributed by atoms with Gasteiger partial charge in [0.15, 0.2) is 0 Å². The largest absolute Gasteiger partial charge is 0.324 e. The van der Waals surface area contributed by atoms with E-state index in [4.69, 9.17) is 5.73 Å². The second kappa shape index (κ2) is 6.46. The number of sulfonamides is 1. The number of benzene rings is 1. The Balaban J connectivity index is 2.17. The van der Waals surface area contributed by atoms with Crippen LogP contribution in [0.25, 0.3) is 0 Å². The van der Waals surface area contributed by atoms with Gasteiger partial charge in [0.2, 0.25) is 10.0 Å². The lowest BCUT2D eigenvalue weighted by Gasteiger charge is -2.32. The van der Waals surface area contributed by atoms with Crippen LogP contribution in [0.1, 0.15) is 51.6 Å². The van der Waals surface area contributed by atoms with E-state index in [9.17, 15) is 8.42 Å². The van der Waals surface area contributed by atoms with Gasteiger partial charge in [0.25, 0.3) is 0 Å². The third-order valence-corrected chi connectivity index (χ3v) is 5.92. The summed E-state index contributed by atoms with van der Waals surface area (Å²) in [6.45, 7) is 6.21. The fourth-order valence-electron chi connectivity index (χ4n) is 3.07. The molecule has 1 saturated carbocycles. The summed E-state index contributed by atoms with van der Waals surface area (Å²) in [5.41, 5.74) is 6.67. The van der Waals surface area contributed by atoms with Crippen molar-refractivity contribution in [2.24, 2.45) is 17.6 Å². The van der Waals surface area contributed by atoms with E-state index in [-0.39, 0.29) is 12.1 Å². The summed E-state index contributed by atoms with van der Waals surface area (Å²) < 4.78 is 28.0. The molecule has 1 fully saturated rings. The van der Waals surface area contributed by atoms with Gasteiger partial charge in [-0.1, -0.05) is 26.0 Å². The molecule has 21 heavy (non-hydrogen) atoms. The standard InChI is InChI=1S/C16H26N2O2S/c1-11-7-8-16(12(2)9-11)18-21(19,20)15-6-4-5-14(10-15)13(3)17/h4-6,10-13,16,18H,7-9,17H2,1-3H3. The van der Waals surface area contributed by atoms with Gasteiger partial charge in [0.1, 0.15) is 0 Å². The molecule has 0 spiro atoms. The van der Waals surface area contributed by atoms with Gasteiger partial charge in [-0.05, 0) is 55.7 Å². The van der Waals surface area contributed by atoms with E-state index in [0.29, 0.717) is 16.7 Å². The molecule has 0 aliphatic heterocycles. The van der Waals surface area contributed by atoms with E-state index in [1.54, 1.807) is 18.2 Å². The zero-order valence-corrected chi connectivity index (χ0v) is 13.9. The molecule has 0 saturated heterocycles. The van der Waals surface area contributed by atoms with Gasteiger partial charge in [-0.2, -0.15) is 0 Å². The van der Waals surface area contributed by atoms with Crippen molar-refractivity contribution >= 4 is 10.0 Å². The molecular weight excluding hydrogens is 284 g/mol. The Kier molecular flexibility index (Phi) is 5.07. The number of hydrogen-bond donors (Lipinski definition) is 2. The minimum atomic E-state index is -3.47. The Labute approximate surface area is 128 Å². The van der Waals surface area contributed by atoms with Crippen molar-refractivity contribution < 1.29 is 8.42 Å². The monoisotopic (exact) mass is 310 g/mol. The van der Waals surface area contributed by atoms with Crippen molar-refractivity contribution in [3.8, 4) is 0 Å². The smallest absolute Gasteiger partial charge is 0.240 e. The summed E-state index contributed by atoms with van der Waals surface area (Å²) >= 11 is 0. The van der Waals surface area contributed by atoms with E-state index in [1.165, 1.54) is 0 Å². The molecule has 1 aromatic carbocycles. The van der Waals surface area contributed by atoms with Crippen LogP contribution in [0.2, 0.25) is 0 Å². The average Bonchev–Trinajstić information content (AvgIpc) is 2.42. The predicted molar refractivity (Wildman–Crippen MR) is 85.3 cm³/mol. The highest BCUT2D eigenvalue weighted by molar-refractivity contribution is 7.89. The second-order valence-electron chi connectivity index (χ2n) is 6.48. The molecule has 0 radical (unpaired) electrons. The molecule has 4 atom stereocenters. The molecule has 2 rings (SSSR count). The van der Waals surface area contributed by atoms with Gasteiger partial charge in [-0.25, -0.2) is 13.1 Å². The van der Waals surface area contributed by atoms with E-state index < -0.39 is 10.0 Å². The van der Waals surface area contributed by atoms with Crippen LogP contribution < -0.4 is 10.5 Å². The zero-order chi connectivity index (χ0) is 15.6. The van der Waals surface area contributed by atoms with Crippen LogP contribution >= 0.6 is 0 Å². The lowest BCUT2D eigenvalue weighted by molar-refractivity contribution is 0.249. The molecule has 4 unspecified atom stereocenters. The Hall–Kier alpha value is -0.910. The summed E-state index contributed by atoms with van der Waals surface area (Å²) in [4.78, 5) is 0.308. The van der Waals surface area contributed by atoms with Gasteiger partial charge >= 0.3 is 0 Å². The van der Waals surface area contributed by atoms with E-state index >= 15 is 0 Å². The molecule has 4 nitrogen and oxygen atoms in total. The molecule has 3 N–H and O–H groups in total. The fourth-order valence-corrected chi connectivity index (χ4v) is 4.51. The first-order valence-electron chi connectivity index (χ1n) is 7.67. The SMILES string of the molecule is CC1CCC(NS(=O)(=O)c2cccc(C(C)N)c2)C(C)C1. The highest BCUT2D eigenvalue weighted by atomic mass is 32.2. The Bertz CT molecular complexity index is 584. The maximum absolute atomic E-state index is 12.6. The number of nitrogens with two attached hydrogens (primary N) is 1. The molecular formula is C16H26N2O2S. The van der Waals surface area contributed by atoms with Gasteiger partial charge < -0.3 is 5.73 Å². The van der Waals surface area contributed by atoms with Crippen molar-refractivity contribution in [3.05, 3.63) is 29.8 Å². The first kappa shape index (κ1) is 16.5. The molecule has 5 heteroatoms. The number of rotatable bonds is 4. The van der Waals surface area contributed by atoms with E-state index in [0.717, 1.165) is 24.8 Å². The van der Waals surface area contributed by atoms with Crippen LogP contribution in [-0.2, 0) is 10.0 Å². The Morgan fingerprint density at radius 3 is 2.62 bits per heavy atom. The Morgan fingerprint density at radius 1 is 1.29 bits per heavy atom. The highest BCUT2D eigenvalue weighted by Crippen LogP contribution is 2.29. The minimum Gasteiger partial charge on any atom is -0.324 e. The third kappa shape index (κ3) is 4.05. The Morgan fingerprint density at radius 2 is 2.00 bits per heavy atom. The summed E-state index contributed by atoms with van der Waals surface area (Å²) in [5, 5.41) is 0. The lowest BCUT2D eigenvalue weighted by Crippen LogP contribution is -2.42. The molecule has 0 bridgehead atoms.